The maximum atomic E-state index is 13.1. The largest absolute Gasteiger partial charge is 0.460 e. The van der Waals surface area contributed by atoms with Gasteiger partial charge in [0, 0.05) is 31.4 Å². The number of rotatable bonds is 16. The van der Waals surface area contributed by atoms with Gasteiger partial charge in [-0.2, -0.15) is 0 Å². The van der Waals surface area contributed by atoms with Crippen molar-refractivity contribution in [3.05, 3.63) is 53.1 Å². The number of hydrogen-bond acceptors (Lipinski definition) is 15. The van der Waals surface area contributed by atoms with E-state index in [2.05, 4.69) is 10.6 Å². The van der Waals surface area contributed by atoms with Gasteiger partial charge in [0.05, 0.1) is 31.4 Å². The molecule has 0 radical (unpaired) electrons. The van der Waals surface area contributed by atoms with E-state index in [1.807, 2.05) is 0 Å². The van der Waals surface area contributed by atoms with Crippen LogP contribution in [0, 0.1) is 0 Å². The Balaban J connectivity index is 1.22. The fraction of sp³-hybridized carbons (Fsp3) is 0.611. The number of benzene rings is 1. The third kappa shape index (κ3) is 12.4. The topological polar surface area (TPSA) is 249 Å². The van der Waals surface area contributed by atoms with E-state index in [-0.39, 0.29) is 57.8 Å². The Morgan fingerprint density at radius 2 is 1.74 bits per heavy atom. The van der Waals surface area contributed by atoms with E-state index in [0.29, 0.717) is 11.1 Å². The van der Waals surface area contributed by atoms with Crippen molar-refractivity contribution in [3.63, 3.8) is 0 Å². The summed E-state index contributed by atoms with van der Waals surface area (Å²) in [5, 5.41) is 54.1. The van der Waals surface area contributed by atoms with Gasteiger partial charge in [0.2, 0.25) is 11.8 Å². The Kier molecular flexibility index (Phi) is 15.5. The number of amides is 2. The second-order valence-corrected chi connectivity index (χ2v) is 13.9. The molecule has 4 rings (SSSR count). The number of ether oxygens (including phenoxy) is 6. The van der Waals surface area contributed by atoms with Crippen molar-refractivity contribution in [1.82, 2.24) is 10.6 Å². The first-order chi connectivity index (χ1) is 25.2. The SMILES string of the molecule is CC(C)(C)OC(=O)CC[C@@H](CO)NC(=O)CCNC(=O)C1=C[C@H]2OCO[C@H]2[C@H](OC(=O)c2ccc(C=CCO[C@H]3O[C@H](CO)[C@H](O)[C@H](O)[C@H]3O)cc2)C1. The highest BCUT2D eigenvalue weighted by molar-refractivity contribution is 5.94. The molecule has 53 heavy (non-hydrogen) atoms. The van der Waals surface area contributed by atoms with Gasteiger partial charge in [0.25, 0.3) is 0 Å². The number of carbonyl (C=O) groups excluding carboxylic acids is 4. The number of nitrogens with one attached hydrogen (secondary N) is 2. The van der Waals surface area contributed by atoms with Crippen molar-refractivity contribution >= 4 is 29.8 Å². The molecule has 2 saturated heterocycles. The van der Waals surface area contributed by atoms with Gasteiger partial charge in [-0.1, -0.05) is 24.3 Å². The summed E-state index contributed by atoms with van der Waals surface area (Å²) < 4.78 is 33.0. The molecule has 294 valence electrons. The molecule has 1 aromatic carbocycles. The van der Waals surface area contributed by atoms with Gasteiger partial charge in [0.15, 0.2) is 6.29 Å². The zero-order chi connectivity index (χ0) is 38.7. The van der Waals surface area contributed by atoms with Crippen LogP contribution in [0.3, 0.4) is 0 Å². The number of hydrogen-bond donors (Lipinski definition) is 7. The first-order valence-electron chi connectivity index (χ1n) is 17.4. The van der Waals surface area contributed by atoms with E-state index in [1.165, 1.54) is 0 Å². The quantitative estimate of drug-likeness (QED) is 0.102. The van der Waals surface area contributed by atoms with E-state index in [0.717, 1.165) is 0 Å². The lowest BCUT2D eigenvalue weighted by molar-refractivity contribution is -0.298. The van der Waals surface area contributed by atoms with Gasteiger partial charge in [-0.25, -0.2) is 4.79 Å². The van der Waals surface area contributed by atoms with E-state index in [9.17, 15) is 44.7 Å². The molecule has 2 fully saturated rings. The number of aliphatic hydroxyl groups is 5. The molecule has 0 bridgehead atoms. The lowest BCUT2D eigenvalue weighted by atomic mass is 9.91. The lowest BCUT2D eigenvalue weighted by Crippen LogP contribution is -2.59. The molecule has 2 aliphatic heterocycles. The zero-order valence-corrected chi connectivity index (χ0v) is 29.9. The Hall–Kier alpha value is -3.78. The van der Waals surface area contributed by atoms with Crippen molar-refractivity contribution < 1.29 is 73.1 Å². The molecule has 1 aromatic rings. The number of fused-ring (bicyclic) bond motifs is 1. The Labute approximate surface area is 306 Å². The summed E-state index contributed by atoms with van der Waals surface area (Å²) in [5.74, 6) is -1.98. The lowest BCUT2D eigenvalue weighted by Gasteiger charge is -2.39. The molecule has 0 unspecified atom stereocenters. The van der Waals surface area contributed by atoms with Gasteiger partial charge in [-0.05, 0) is 51.0 Å². The molecule has 17 heteroatoms. The van der Waals surface area contributed by atoms with Crippen LogP contribution < -0.4 is 10.6 Å². The molecule has 2 heterocycles. The third-order valence-electron chi connectivity index (χ3n) is 8.55. The highest BCUT2D eigenvalue weighted by atomic mass is 16.7. The minimum Gasteiger partial charge on any atom is -0.460 e. The average molecular weight is 751 g/mol. The molecular formula is C36H50N2O15. The minimum absolute atomic E-state index is 0.0111. The smallest absolute Gasteiger partial charge is 0.338 e. The predicted molar refractivity (Wildman–Crippen MR) is 183 cm³/mol. The highest BCUT2D eigenvalue weighted by Crippen LogP contribution is 2.31. The fourth-order valence-corrected chi connectivity index (χ4v) is 5.80. The Bertz CT molecular complexity index is 1460. The van der Waals surface area contributed by atoms with Crippen molar-refractivity contribution in [2.75, 3.05) is 33.2 Å². The van der Waals surface area contributed by atoms with Gasteiger partial charge in [0.1, 0.15) is 55.1 Å². The van der Waals surface area contributed by atoms with Gasteiger partial charge >= 0.3 is 11.9 Å². The maximum Gasteiger partial charge on any atom is 0.338 e. The van der Waals surface area contributed by atoms with Crippen LogP contribution in [0.2, 0.25) is 0 Å². The molecule has 17 nitrogen and oxygen atoms in total. The number of esters is 2. The molecule has 3 aliphatic rings. The third-order valence-corrected chi connectivity index (χ3v) is 8.55. The summed E-state index contributed by atoms with van der Waals surface area (Å²) in [6.45, 7) is 4.22. The zero-order valence-electron chi connectivity index (χ0n) is 29.9. The number of aliphatic hydroxyl groups excluding tert-OH is 5. The minimum atomic E-state index is -1.54. The standard InChI is InChI=1S/C36H50N2O15/c1-36(2,3)53-28(42)11-10-23(17-39)38-27(41)12-13-37-33(46)22-15-24-32(50-19-49-24)25(16-22)51-34(47)21-8-6-20(7-9-21)5-4-14-48-35-31(45)30(44)29(43)26(18-40)52-35/h4-9,15,23-26,29-32,35,39-40,43-45H,10-14,16-19H2,1-3H3,(H,37,46)(H,38,41)/t23-,24+,25+,26+,29-,30-,31+,32+,35-/m0/s1. The van der Waals surface area contributed by atoms with Crippen molar-refractivity contribution in [2.45, 2.75) is 107 Å². The average Bonchev–Trinajstić information content (AvgIpc) is 3.60. The summed E-state index contributed by atoms with van der Waals surface area (Å²) in [7, 11) is 0. The second kappa shape index (κ2) is 19.5. The first kappa shape index (κ1) is 42.0. The van der Waals surface area contributed by atoms with Crippen molar-refractivity contribution in [3.8, 4) is 0 Å². The summed E-state index contributed by atoms with van der Waals surface area (Å²) in [4.78, 5) is 50.6. The van der Waals surface area contributed by atoms with E-state index in [4.69, 9.17) is 28.4 Å². The molecule has 2 amide bonds. The highest BCUT2D eigenvalue weighted by Gasteiger charge is 2.44. The Morgan fingerprint density at radius 1 is 1.00 bits per heavy atom. The van der Waals surface area contributed by atoms with Gasteiger partial charge in [-0.3, -0.25) is 14.4 Å². The van der Waals surface area contributed by atoms with E-state index < -0.39 is 91.0 Å². The monoisotopic (exact) mass is 750 g/mol. The molecule has 0 aromatic heterocycles. The fourth-order valence-electron chi connectivity index (χ4n) is 5.80. The second-order valence-electron chi connectivity index (χ2n) is 13.9. The Morgan fingerprint density at radius 3 is 2.42 bits per heavy atom. The van der Waals surface area contributed by atoms with Crippen LogP contribution in [0.15, 0.2) is 42.0 Å². The van der Waals surface area contributed by atoms with Crippen molar-refractivity contribution in [1.29, 1.82) is 0 Å². The van der Waals surface area contributed by atoms with Gasteiger partial charge in [-0.15, -0.1) is 0 Å². The van der Waals surface area contributed by atoms with E-state index in [1.54, 1.807) is 63.3 Å². The van der Waals surface area contributed by atoms with Crippen LogP contribution in [0.1, 0.15) is 62.4 Å². The molecule has 0 spiro atoms. The maximum absolute atomic E-state index is 13.1. The molecule has 1 aliphatic carbocycles. The normalized spacial score (nSPS) is 27.7. The van der Waals surface area contributed by atoms with Crippen LogP contribution in [-0.2, 0) is 42.8 Å². The summed E-state index contributed by atoms with van der Waals surface area (Å²) in [6.07, 6.45) is -3.88. The molecular weight excluding hydrogens is 700 g/mol. The van der Waals surface area contributed by atoms with Crippen LogP contribution in [0.25, 0.3) is 6.08 Å². The first-order valence-corrected chi connectivity index (χ1v) is 17.4. The summed E-state index contributed by atoms with van der Waals surface area (Å²) >= 11 is 0. The molecule has 7 N–H and O–H groups in total. The molecule has 9 atom stereocenters. The van der Waals surface area contributed by atoms with Crippen LogP contribution in [-0.4, -0.2) is 143 Å². The van der Waals surface area contributed by atoms with Gasteiger partial charge < -0.3 is 64.6 Å². The van der Waals surface area contributed by atoms with Crippen LogP contribution >= 0.6 is 0 Å². The number of carbonyl (C=O) groups is 4. The summed E-state index contributed by atoms with van der Waals surface area (Å²) in [6, 6.07) is 5.79. The van der Waals surface area contributed by atoms with Crippen molar-refractivity contribution in [2.24, 2.45) is 0 Å². The van der Waals surface area contributed by atoms with E-state index >= 15 is 0 Å². The summed E-state index contributed by atoms with van der Waals surface area (Å²) in [5.41, 5.74) is 0.603. The molecule has 0 saturated carbocycles. The van der Waals surface area contributed by atoms with Crippen LogP contribution in [0.5, 0.6) is 0 Å². The predicted octanol–water partition coefficient (Wildman–Crippen LogP) is -0.781. The van der Waals surface area contributed by atoms with Crippen LogP contribution in [0.4, 0.5) is 0 Å².